The van der Waals surface area contributed by atoms with Gasteiger partial charge in [-0.2, -0.15) is 12.1 Å². The Morgan fingerprint density at radius 2 is 1.05 bits per heavy atom. The van der Waals surface area contributed by atoms with Crippen LogP contribution in [0.15, 0.2) is 219 Å². The first-order chi connectivity index (χ1) is 35.5. The van der Waals surface area contributed by atoms with Crippen LogP contribution in [0.4, 0.5) is 22.7 Å². The van der Waals surface area contributed by atoms with Crippen molar-refractivity contribution in [2.75, 3.05) is 9.80 Å². The summed E-state index contributed by atoms with van der Waals surface area (Å²) in [6, 6.07) is 82.7. The first kappa shape index (κ1) is 48.3. The van der Waals surface area contributed by atoms with Crippen molar-refractivity contribution in [1.82, 2.24) is 9.55 Å². The van der Waals surface area contributed by atoms with E-state index in [0.29, 0.717) is 11.5 Å². The normalized spacial score (nSPS) is 12.5. The first-order valence-electron chi connectivity index (χ1n) is 25.1. The number of pyridine rings is 1. The van der Waals surface area contributed by atoms with E-state index in [1.807, 2.05) is 24.4 Å². The van der Waals surface area contributed by atoms with Crippen molar-refractivity contribution in [3.05, 3.63) is 248 Å². The molecule has 74 heavy (non-hydrogen) atoms. The fourth-order valence-electron chi connectivity index (χ4n) is 10.4. The third-order valence-corrected chi connectivity index (χ3v) is 14.1. The molecule has 11 aromatic rings. The monoisotopic (exact) mass is 1140 g/mol. The van der Waals surface area contributed by atoms with E-state index in [2.05, 4.69) is 269 Å². The molecule has 6 heteroatoms. The van der Waals surface area contributed by atoms with E-state index < -0.39 is 0 Å². The second-order valence-corrected chi connectivity index (χ2v) is 21.0. The molecule has 0 atom stereocenters. The van der Waals surface area contributed by atoms with E-state index in [0.717, 1.165) is 83.8 Å². The minimum atomic E-state index is -0.136. The second kappa shape index (κ2) is 19.5. The summed E-state index contributed by atoms with van der Waals surface area (Å²) in [6.45, 7) is 15.8. The standard InChI is InChI=1S/C68H55N4O.Pt/c1-67(2,3)51-36-34-48(35-37-51)55-29-19-30-56(50-25-17-24-49(40-50)46-20-9-7-10-21-46)66(55)71-45-70(62-32-15-16-33-63(62)71)52-26-18-27-53(41-52)73-54-38-39-58-57-28-13-14-31-61(57)72(64(58)42-54)65-43-60(68(4,5)6)59(44-69-65)47-22-11-8-12-23-47;/h7-40,43-45H,1-6H3;/q-3;. The molecule has 0 saturated carbocycles. The first-order valence-corrected chi connectivity index (χ1v) is 25.1. The Hall–Kier alpha value is -7.98. The van der Waals surface area contributed by atoms with Gasteiger partial charge in [-0.25, -0.2) is 4.98 Å². The van der Waals surface area contributed by atoms with Gasteiger partial charge in [-0.1, -0.05) is 199 Å². The van der Waals surface area contributed by atoms with Crippen LogP contribution in [0, 0.1) is 18.8 Å². The minimum absolute atomic E-state index is 0. The van der Waals surface area contributed by atoms with Crippen molar-refractivity contribution in [3.63, 3.8) is 0 Å². The number of fused-ring (bicyclic) bond motifs is 4. The van der Waals surface area contributed by atoms with Gasteiger partial charge < -0.3 is 19.1 Å². The predicted octanol–water partition coefficient (Wildman–Crippen LogP) is 18.2. The van der Waals surface area contributed by atoms with E-state index in [1.165, 1.54) is 22.3 Å². The summed E-state index contributed by atoms with van der Waals surface area (Å²) < 4.78 is 8.98. The van der Waals surface area contributed by atoms with Crippen molar-refractivity contribution in [1.29, 1.82) is 0 Å². The van der Waals surface area contributed by atoms with Gasteiger partial charge >= 0.3 is 0 Å². The number of benzene rings is 9. The second-order valence-electron chi connectivity index (χ2n) is 21.0. The Balaban J connectivity index is 0.00000588. The maximum Gasteiger partial charge on any atom is 0.135 e. The van der Waals surface area contributed by atoms with E-state index in [-0.39, 0.29) is 31.9 Å². The maximum absolute atomic E-state index is 6.76. The van der Waals surface area contributed by atoms with E-state index in [9.17, 15) is 0 Å². The number of hydrogen-bond donors (Lipinski definition) is 0. The van der Waals surface area contributed by atoms with Gasteiger partial charge in [0.05, 0.1) is 0 Å². The molecule has 5 nitrogen and oxygen atoms in total. The summed E-state index contributed by atoms with van der Waals surface area (Å²) in [7, 11) is 0. The van der Waals surface area contributed by atoms with E-state index in [1.54, 1.807) is 0 Å². The zero-order valence-corrected chi connectivity index (χ0v) is 44.6. The van der Waals surface area contributed by atoms with Crippen LogP contribution in [-0.4, -0.2) is 9.55 Å². The molecule has 0 aliphatic carbocycles. The number of hydrogen-bond acceptors (Lipinski definition) is 4. The number of nitrogens with zero attached hydrogens (tertiary/aromatic N) is 4. The molecule has 12 rings (SSSR count). The van der Waals surface area contributed by atoms with E-state index >= 15 is 0 Å². The molecule has 366 valence electrons. The molecule has 3 heterocycles. The molecule has 9 aromatic carbocycles. The number of para-hydroxylation sites is 4. The topological polar surface area (TPSA) is 33.5 Å². The molecule has 0 bridgehead atoms. The fraction of sp³-hybridized carbons (Fsp3) is 0.118. The number of anilines is 4. The summed E-state index contributed by atoms with van der Waals surface area (Å²) in [5, 5.41) is 2.20. The molecule has 0 N–H and O–H groups in total. The van der Waals surface area contributed by atoms with Gasteiger partial charge in [0.2, 0.25) is 0 Å². The largest absolute Gasteiger partial charge is 0.509 e. The van der Waals surface area contributed by atoms with Gasteiger partial charge in [-0.15, -0.1) is 48.1 Å². The van der Waals surface area contributed by atoms with Crippen molar-refractivity contribution >= 4 is 44.6 Å². The average molecular weight is 1140 g/mol. The molecule has 1 aliphatic heterocycles. The van der Waals surface area contributed by atoms with Crippen LogP contribution in [0.1, 0.15) is 52.7 Å². The predicted molar refractivity (Wildman–Crippen MR) is 303 cm³/mol. The van der Waals surface area contributed by atoms with Crippen LogP contribution in [0.3, 0.4) is 0 Å². The van der Waals surface area contributed by atoms with Gasteiger partial charge in [-0.3, -0.25) is 0 Å². The minimum Gasteiger partial charge on any atom is -0.509 e. The van der Waals surface area contributed by atoms with Crippen LogP contribution in [-0.2, 0) is 31.9 Å². The van der Waals surface area contributed by atoms with Gasteiger partial charge in [-0.05, 0) is 85.5 Å². The zero-order valence-electron chi connectivity index (χ0n) is 42.4. The molecular weight excluding hydrogens is 1080 g/mol. The molecule has 0 unspecified atom stereocenters. The summed E-state index contributed by atoms with van der Waals surface area (Å²) in [5.74, 6) is 2.00. The van der Waals surface area contributed by atoms with Gasteiger partial charge in [0.1, 0.15) is 5.82 Å². The summed E-state index contributed by atoms with van der Waals surface area (Å²) in [6.07, 6.45) is 2.02. The fourth-order valence-corrected chi connectivity index (χ4v) is 10.4. The van der Waals surface area contributed by atoms with Crippen LogP contribution >= 0.6 is 0 Å². The Labute approximate surface area is 449 Å². The van der Waals surface area contributed by atoms with Gasteiger partial charge in [0.15, 0.2) is 0 Å². The molecule has 1 aliphatic rings. The molecule has 0 fully saturated rings. The van der Waals surface area contributed by atoms with Crippen molar-refractivity contribution in [2.45, 2.75) is 52.4 Å². The van der Waals surface area contributed by atoms with Crippen molar-refractivity contribution in [2.24, 2.45) is 0 Å². The Bertz CT molecular complexity index is 3830. The van der Waals surface area contributed by atoms with E-state index in [4.69, 9.17) is 9.72 Å². The molecule has 0 amide bonds. The number of aromatic nitrogens is 2. The number of ether oxygens (including phenoxy) is 1. The Morgan fingerprint density at radius 1 is 0.459 bits per heavy atom. The van der Waals surface area contributed by atoms with Gasteiger partial charge in [0, 0.05) is 78.0 Å². The van der Waals surface area contributed by atoms with Crippen molar-refractivity contribution in [3.8, 4) is 61.8 Å². The molecule has 0 saturated heterocycles. The Morgan fingerprint density at radius 3 is 1.78 bits per heavy atom. The molecule has 2 aromatic heterocycles. The zero-order chi connectivity index (χ0) is 49.8. The quantitative estimate of drug-likeness (QED) is 0.135. The van der Waals surface area contributed by atoms with Gasteiger partial charge in [0.25, 0.3) is 0 Å². The van der Waals surface area contributed by atoms with Crippen LogP contribution < -0.4 is 14.5 Å². The molecular formula is C68H55N4OPt-3. The Kier molecular flexibility index (Phi) is 12.7. The number of rotatable bonds is 9. The third kappa shape index (κ3) is 9.01. The summed E-state index contributed by atoms with van der Waals surface area (Å²) in [4.78, 5) is 9.71. The smallest absolute Gasteiger partial charge is 0.135 e. The molecule has 0 radical (unpaired) electrons. The van der Waals surface area contributed by atoms with Crippen LogP contribution in [0.2, 0.25) is 0 Å². The SMILES string of the molecule is CC(C)(C)c1ccc(-c2cccc(-c3cccc(-c4ccccc4)c3)c2N2[CH-]N(c3[c-]c(Oc4[c-]c5c(cc4)c4ccccc4n5-c4cc(C(C)(C)C)c(-c5ccccc5)cn4)ccc3)c3ccccc32)cc1.[Pt]. The maximum atomic E-state index is 6.76. The third-order valence-electron chi connectivity index (χ3n) is 14.1. The molecule has 0 spiro atoms. The van der Waals surface area contributed by atoms with Crippen LogP contribution in [0.5, 0.6) is 11.5 Å². The summed E-state index contributed by atoms with van der Waals surface area (Å²) in [5.41, 5.74) is 17.6. The van der Waals surface area contributed by atoms with Crippen molar-refractivity contribution < 1.29 is 25.8 Å². The average Bonchev–Trinajstić information content (AvgIpc) is 3.97. The van der Waals surface area contributed by atoms with Crippen LogP contribution in [0.25, 0.3) is 72.1 Å². The summed E-state index contributed by atoms with van der Waals surface area (Å²) >= 11 is 0.